The van der Waals surface area contributed by atoms with Crippen LogP contribution in [0.1, 0.15) is 48.8 Å². The van der Waals surface area contributed by atoms with Gasteiger partial charge in [-0.05, 0) is 73.8 Å². The van der Waals surface area contributed by atoms with E-state index in [-0.39, 0.29) is 10.8 Å². The van der Waals surface area contributed by atoms with Gasteiger partial charge in [-0.3, -0.25) is 0 Å². The monoisotopic (exact) mass is 436 g/mol. The Labute approximate surface area is 203 Å². The van der Waals surface area contributed by atoms with Crippen LogP contribution in [0.4, 0.5) is 0 Å². The minimum atomic E-state index is -0.602. The van der Waals surface area contributed by atoms with Crippen molar-refractivity contribution in [3.8, 4) is 36.0 Å². The highest BCUT2D eigenvalue weighted by Gasteiger charge is 2.71. The maximum absolute atomic E-state index is 6.49. The summed E-state index contributed by atoms with van der Waals surface area (Å²) in [5.41, 5.74) is 2.30. The van der Waals surface area contributed by atoms with Crippen LogP contribution >= 0.6 is 0 Å². The quantitative estimate of drug-likeness (QED) is 0.366. The van der Waals surface area contributed by atoms with Crippen LogP contribution in [0.3, 0.4) is 0 Å². The van der Waals surface area contributed by atoms with Crippen LogP contribution in [0.5, 0.6) is 0 Å². The summed E-state index contributed by atoms with van der Waals surface area (Å²) < 4.78 is 0. The van der Waals surface area contributed by atoms with E-state index in [2.05, 4.69) is 84.2 Å². The number of terminal acetylenes is 1. The van der Waals surface area contributed by atoms with E-state index >= 15 is 0 Å². The predicted molar refractivity (Wildman–Crippen MR) is 139 cm³/mol. The molecule has 34 heavy (non-hydrogen) atoms. The van der Waals surface area contributed by atoms with Gasteiger partial charge in [0.05, 0.1) is 5.41 Å². The highest BCUT2D eigenvalue weighted by molar-refractivity contribution is 5.54. The molecule has 0 N–H and O–H groups in total. The van der Waals surface area contributed by atoms with E-state index in [1.165, 1.54) is 12.0 Å². The standard InChI is InChI=1S/C34H28/c1-2-32-23-29-22-30(24-32)26-33(25-29,31-16-10-5-11-17-31)34(32,20-18-27-12-6-3-7-13-27)21-19-28-14-8-4-9-15-28/h1,3-17,29-30H,22-26H2. The van der Waals surface area contributed by atoms with Gasteiger partial charge in [0, 0.05) is 16.5 Å². The van der Waals surface area contributed by atoms with Crippen molar-refractivity contribution in [1.29, 1.82) is 0 Å². The Morgan fingerprint density at radius 1 is 0.618 bits per heavy atom. The third-order valence-electron chi connectivity index (χ3n) is 8.59. The largest absolute Gasteiger partial charge is 0.119 e. The Kier molecular flexibility index (Phi) is 4.91. The highest BCUT2D eigenvalue weighted by Crippen LogP contribution is 2.73. The molecule has 0 nitrogen and oxygen atoms in total. The molecule has 4 aliphatic carbocycles. The fourth-order valence-corrected chi connectivity index (χ4v) is 7.48. The van der Waals surface area contributed by atoms with Gasteiger partial charge in [0.2, 0.25) is 0 Å². The van der Waals surface area contributed by atoms with Crippen LogP contribution < -0.4 is 0 Å². The number of rotatable bonds is 1. The lowest BCUT2D eigenvalue weighted by atomic mass is 9.32. The summed E-state index contributed by atoms with van der Waals surface area (Å²) in [6.07, 6.45) is 12.1. The Morgan fingerprint density at radius 2 is 1.09 bits per heavy atom. The van der Waals surface area contributed by atoms with E-state index < -0.39 is 5.41 Å². The van der Waals surface area contributed by atoms with Crippen LogP contribution in [0.15, 0.2) is 91.0 Å². The lowest BCUT2D eigenvalue weighted by molar-refractivity contribution is -0.108. The zero-order valence-electron chi connectivity index (χ0n) is 19.4. The average molecular weight is 437 g/mol. The molecular formula is C34H28. The summed E-state index contributed by atoms with van der Waals surface area (Å²) in [5, 5.41) is 0. The second kappa shape index (κ2) is 7.98. The number of hydrogen-bond donors (Lipinski definition) is 0. The highest BCUT2D eigenvalue weighted by atomic mass is 14.7. The van der Waals surface area contributed by atoms with E-state index in [0.717, 1.165) is 36.8 Å². The first-order valence-electron chi connectivity index (χ1n) is 12.4. The van der Waals surface area contributed by atoms with E-state index in [9.17, 15) is 0 Å². The normalized spacial score (nSPS) is 29.7. The van der Waals surface area contributed by atoms with Crippen molar-refractivity contribution in [2.45, 2.75) is 37.5 Å². The SMILES string of the molecule is C#CC12CC3CC(C1)CC(c1ccccc1)(C3)C2(C#Cc1ccccc1)C#Cc1ccccc1. The maximum atomic E-state index is 6.49. The molecule has 4 fully saturated rings. The van der Waals surface area contributed by atoms with Crippen LogP contribution in [-0.2, 0) is 5.41 Å². The predicted octanol–water partition coefficient (Wildman–Crippen LogP) is 6.86. The molecule has 0 aromatic heterocycles. The van der Waals surface area contributed by atoms with Crippen molar-refractivity contribution in [2.24, 2.45) is 22.7 Å². The topological polar surface area (TPSA) is 0 Å². The summed E-state index contributed by atoms with van der Waals surface area (Å²) in [4.78, 5) is 0. The Morgan fingerprint density at radius 3 is 1.56 bits per heavy atom. The molecule has 4 saturated carbocycles. The first-order valence-corrected chi connectivity index (χ1v) is 12.4. The van der Waals surface area contributed by atoms with E-state index in [0.29, 0.717) is 11.8 Å². The Balaban J connectivity index is 1.65. The van der Waals surface area contributed by atoms with Gasteiger partial charge < -0.3 is 0 Å². The summed E-state index contributed by atoms with van der Waals surface area (Å²) in [7, 11) is 0. The first kappa shape index (κ1) is 20.9. The molecule has 0 heterocycles. The van der Waals surface area contributed by atoms with Crippen LogP contribution in [0.25, 0.3) is 0 Å². The molecule has 0 aliphatic heterocycles. The lowest BCUT2D eigenvalue weighted by Gasteiger charge is -2.68. The third-order valence-corrected chi connectivity index (χ3v) is 8.59. The van der Waals surface area contributed by atoms with Crippen LogP contribution in [0, 0.1) is 58.7 Å². The number of hydrogen-bond acceptors (Lipinski definition) is 0. The van der Waals surface area contributed by atoms with Crippen molar-refractivity contribution in [2.75, 3.05) is 0 Å². The fraction of sp³-hybridized carbons (Fsp3) is 0.294. The van der Waals surface area contributed by atoms with Gasteiger partial charge in [-0.15, -0.1) is 6.42 Å². The summed E-state index contributed by atoms with van der Waals surface area (Å²) in [5.74, 6) is 19.4. The summed E-state index contributed by atoms with van der Waals surface area (Å²) in [6, 6.07) is 31.6. The molecule has 2 atom stereocenters. The first-order chi connectivity index (χ1) is 16.7. The van der Waals surface area contributed by atoms with E-state index in [1.54, 1.807) is 0 Å². The second-order valence-electron chi connectivity index (χ2n) is 10.4. The molecule has 3 aromatic carbocycles. The van der Waals surface area contributed by atoms with E-state index in [4.69, 9.17) is 6.42 Å². The van der Waals surface area contributed by atoms with Crippen molar-refractivity contribution in [1.82, 2.24) is 0 Å². The summed E-state index contributed by atoms with van der Waals surface area (Å²) >= 11 is 0. The molecule has 2 unspecified atom stereocenters. The molecule has 0 saturated heterocycles. The number of benzene rings is 3. The fourth-order valence-electron chi connectivity index (χ4n) is 7.48. The minimum absolute atomic E-state index is 0.158. The van der Waals surface area contributed by atoms with Gasteiger partial charge in [0.1, 0.15) is 5.41 Å². The zero-order valence-corrected chi connectivity index (χ0v) is 19.4. The summed E-state index contributed by atoms with van der Waals surface area (Å²) in [6.45, 7) is 0. The molecule has 0 heteroatoms. The van der Waals surface area contributed by atoms with Gasteiger partial charge in [-0.2, -0.15) is 0 Å². The van der Waals surface area contributed by atoms with Gasteiger partial charge in [0.15, 0.2) is 0 Å². The van der Waals surface area contributed by atoms with Crippen LogP contribution in [-0.4, -0.2) is 0 Å². The molecule has 0 amide bonds. The van der Waals surface area contributed by atoms with Crippen LogP contribution in [0.2, 0.25) is 0 Å². The molecular weight excluding hydrogens is 408 g/mol. The van der Waals surface area contributed by atoms with Gasteiger partial charge in [0.25, 0.3) is 0 Å². The average Bonchev–Trinajstić information content (AvgIpc) is 2.89. The third kappa shape index (κ3) is 3.05. The Bertz CT molecular complexity index is 1280. The molecule has 0 radical (unpaired) electrons. The molecule has 3 aromatic rings. The van der Waals surface area contributed by atoms with Crippen molar-refractivity contribution >= 4 is 0 Å². The minimum Gasteiger partial charge on any atom is -0.119 e. The van der Waals surface area contributed by atoms with Gasteiger partial charge in [-0.1, -0.05) is 96.3 Å². The lowest BCUT2D eigenvalue weighted by Crippen LogP contribution is -2.66. The van der Waals surface area contributed by atoms with Crippen molar-refractivity contribution in [3.63, 3.8) is 0 Å². The van der Waals surface area contributed by atoms with E-state index in [1.807, 2.05) is 36.4 Å². The Hall–Kier alpha value is -3.66. The van der Waals surface area contributed by atoms with Crippen molar-refractivity contribution < 1.29 is 0 Å². The van der Waals surface area contributed by atoms with Gasteiger partial charge >= 0.3 is 0 Å². The van der Waals surface area contributed by atoms with Crippen molar-refractivity contribution in [3.05, 3.63) is 108 Å². The molecule has 4 aliphatic rings. The molecule has 0 spiro atoms. The smallest absolute Gasteiger partial charge is 0.119 e. The van der Waals surface area contributed by atoms with Gasteiger partial charge in [-0.25, -0.2) is 0 Å². The zero-order chi connectivity index (χ0) is 23.1. The molecule has 4 bridgehead atoms. The molecule has 164 valence electrons. The second-order valence-corrected chi connectivity index (χ2v) is 10.4. The molecule has 7 rings (SSSR count). The maximum Gasteiger partial charge on any atom is 0.119 e.